The fourth-order valence-corrected chi connectivity index (χ4v) is 3.28. The highest BCUT2D eigenvalue weighted by Gasteiger charge is 2.24. The van der Waals surface area contributed by atoms with Crippen LogP contribution in [0.5, 0.6) is 5.75 Å². The number of amides is 1. The lowest BCUT2D eigenvalue weighted by Gasteiger charge is -2.30. The number of nitrogens with one attached hydrogen (secondary N) is 1. The molecule has 158 valence electrons. The summed E-state index contributed by atoms with van der Waals surface area (Å²) >= 11 is 5.89. The predicted octanol–water partition coefficient (Wildman–Crippen LogP) is 4.04. The number of rotatable bonds is 7. The van der Waals surface area contributed by atoms with Gasteiger partial charge in [0.2, 0.25) is 5.91 Å². The highest BCUT2D eigenvalue weighted by Crippen LogP contribution is 2.36. The van der Waals surface area contributed by atoms with Crippen LogP contribution in [0.25, 0.3) is 10.9 Å². The molecular weight excluding hydrogens is 409 g/mol. The average Bonchev–Trinajstić information content (AvgIpc) is 2.76. The summed E-state index contributed by atoms with van der Waals surface area (Å²) in [5.74, 6) is -0.203. The summed E-state index contributed by atoms with van der Waals surface area (Å²) in [5, 5.41) is 3.57. The van der Waals surface area contributed by atoms with Crippen molar-refractivity contribution in [3.63, 3.8) is 0 Å². The summed E-state index contributed by atoms with van der Waals surface area (Å²) in [6.07, 6.45) is 1.36. The maximum absolute atomic E-state index is 14.4. The number of likely N-dealkylation sites (N-methyl/N-ethyl adjacent to an activating group) is 1. The first-order valence-corrected chi connectivity index (χ1v) is 9.54. The van der Waals surface area contributed by atoms with Crippen LogP contribution in [0, 0.1) is 5.82 Å². The third-order valence-electron chi connectivity index (χ3n) is 5.05. The van der Waals surface area contributed by atoms with E-state index in [9.17, 15) is 9.18 Å². The molecule has 2 atom stereocenters. The van der Waals surface area contributed by atoms with Gasteiger partial charge >= 0.3 is 0 Å². The van der Waals surface area contributed by atoms with Crippen molar-refractivity contribution >= 4 is 39.9 Å². The number of carbonyl (C=O) groups excluding carboxylic acids is 1. The lowest BCUT2D eigenvalue weighted by Crippen LogP contribution is -2.41. The highest BCUT2D eigenvalue weighted by atomic mass is 35.5. The Morgan fingerprint density at radius 3 is 2.80 bits per heavy atom. The summed E-state index contributed by atoms with van der Waals surface area (Å²) in [6.45, 7) is 3.50. The molecule has 1 aromatic heterocycles. The van der Waals surface area contributed by atoms with E-state index in [1.165, 1.54) is 19.5 Å². The number of aromatic nitrogens is 2. The first kappa shape index (κ1) is 20.3. The first-order chi connectivity index (χ1) is 14.8. The normalized spacial score (nSPS) is 13.7. The van der Waals surface area contributed by atoms with Crippen molar-refractivity contribution in [1.29, 1.82) is 0 Å². The molecule has 7 nitrogen and oxygen atoms in total. The Kier molecular flexibility index (Phi) is 5.96. The van der Waals surface area contributed by atoms with Crippen LogP contribution in [0.3, 0.4) is 0 Å². The van der Waals surface area contributed by atoms with Crippen LogP contribution in [-0.2, 0) is 4.79 Å². The van der Waals surface area contributed by atoms with Gasteiger partial charge in [0, 0.05) is 24.4 Å². The zero-order chi connectivity index (χ0) is 22.7. The molecule has 0 aliphatic carbocycles. The Bertz CT molecular complexity index is 1120. The first-order valence-electron chi connectivity index (χ1n) is 9.87. The quantitative estimate of drug-likeness (QED) is 0.585. The average molecular weight is 433 g/mol. The van der Waals surface area contributed by atoms with Gasteiger partial charge in [0.25, 0.3) is 0 Å². The molecule has 3 aromatic rings. The summed E-state index contributed by atoms with van der Waals surface area (Å²) < 4.78 is 27.8. The number of carbonyl (C=O) groups is 1. The van der Waals surface area contributed by atoms with Crippen LogP contribution in [0.2, 0.25) is 5.02 Å². The van der Waals surface area contributed by atoms with Gasteiger partial charge in [-0.05, 0) is 39.1 Å². The van der Waals surface area contributed by atoms with Gasteiger partial charge in [-0.1, -0.05) is 17.7 Å². The van der Waals surface area contributed by atoms with E-state index in [2.05, 4.69) is 15.3 Å². The molecule has 3 N–H and O–H groups in total. The van der Waals surface area contributed by atoms with Crippen LogP contribution < -0.4 is 15.8 Å². The van der Waals surface area contributed by atoms with E-state index in [1.54, 1.807) is 36.1 Å². The number of halogens is 2. The number of ether oxygens (including phenoxy) is 1. The largest absolute Gasteiger partial charge is 0.496 e. The van der Waals surface area contributed by atoms with Gasteiger partial charge in [0.15, 0.2) is 5.82 Å². The molecule has 0 fully saturated rings. The van der Waals surface area contributed by atoms with Crippen molar-refractivity contribution in [2.75, 3.05) is 19.5 Å². The minimum atomic E-state index is -0.655. The van der Waals surface area contributed by atoms with Crippen LogP contribution in [0.1, 0.15) is 26.8 Å². The number of methoxy groups -OCH3 is 1. The van der Waals surface area contributed by atoms with E-state index in [4.69, 9.17) is 23.4 Å². The van der Waals surface area contributed by atoms with E-state index in [1.807, 2.05) is 6.92 Å². The fraction of sp³-hybridized carbons (Fsp3) is 0.286. The fourth-order valence-electron chi connectivity index (χ4n) is 3.11. The Labute approximate surface area is 180 Å². The van der Waals surface area contributed by atoms with Crippen molar-refractivity contribution < 1.29 is 15.3 Å². The van der Waals surface area contributed by atoms with E-state index in [-0.39, 0.29) is 23.8 Å². The molecular formula is C21H23ClFN5O2. The van der Waals surface area contributed by atoms with E-state index in [0.29, 0.717) is 28.0 Å². The number of hydrogen-bond acceptors (Lipinski definition) is 6. The molecule has 0 bridgehead atoms. The predicted molar refractivity (Wildman–Crippen MR) is 116 cm³/mol. The van der Waals surface area contributed by atoms with Crippen molar-refractivity contribution in [3.8, 4) is 5.75 Å². The van der Waals surface area contributed by atoms with E-state index < -0.39 is 17.8 Å². The number of nitrogens with zero attached hydrogens (tertiary/aromatic N) is 3. The standard InChI is InChI=1S/C21H23ClFN5O2/c1-11(28(3)12(2)20(24)29)13-8-14-17(9-18(13)30-4)25-10-26-21(14)27-16-7-5-6-15(22)19(16)23/h5-12H,1-4H3,(H2,24,29)(H,25,26,27)/t11?,12-/m0/s1/i3D. The Hall–Kier alpha value is -2.97. The molecule has 2 aromatic carbocycles. The van der Waals surface area contributed by atoms with Crippen molar-refractivity contribution in [1.82, 2.24) is 14.9 Å². The summed E-state index contributed by atoms with van der Waals surface area (Å²) in [4.78, 5) is 21.9. The monoisotopic (exact) mass is 432 g/mol. The lowest BCUT2D eigenvalue weighted by molar-refractivity contribution is -0.122. The second kappa shape index (κ2) is 8.81. The molecule has 9 heteroatoms. The number of hydrogen-bond donors (Lipinski definition) is 2. The van der Waals surface area contributed by atoms with Crippen molar-refractivity contribution in [2.45, 2.75) is 25.9 Å². The molecule has 1 amide bonds. The number of anilines is 2. The number of primary amides is 1. The summed E-state index contributed by atoms with van der Waals surface area (Å²) in [5.41, 5.74) is 6.91. The molecule has 1 heterocycles. The number of nitrogens with two attached hydrogens (primary N) is 1. The Morgan fingerprint density at radius 1 is 1.37 bits per heavy atom. The van der Waals surface area contributed by atoms with Gasteiger partial charge in [-0.15, -0.1) is 0 Å². The molecule has 0 spiro atoms. The van der Waals surface area contributed by atoms with Gasteiger partial charge in [-0.3, -0.25) is 9.69 Å². The van der Waals surface area contributed by atoms with Gasteiger partial charge < -0.3 is 15.8 Å². The zero-order valence-electron chi connectivity index (χ0n) is 17.8. The van der Waals surface area contributed by atoms with Gasteiger partial charge in [-0.25, -0.2) is 14.4 Å². The summed E-state index contributed by atoms with van der Waals surface area (Å²) in [6, 6.07) is 7.15. The van der Waals surface area contributed by atoms with Crippen molar-refractivity contribution in [3.05, 3.63) is 53.1 Å². The lowest BCUT2D eigenvalue weighted by atomic mass is 10.0. The van der Waals surface area contributed by atoms with Crippen LogP contribution in [0.4, 0.5) is 15.9 Å². The van der Waals surface area contributed by atoms with E-state index in [0.717, 1.165) is 0 Å². The molecule has 30 heavy (non-hydrogen) atoms. The third-order valence-corrected chi connectivity index (χ3v) is 5.34. The molecule has 0 saturated heterocycles. The maximum atomic E-state index is 14.4. The second-order valence-corrected chi connectivity index (χ2v) is 7.24. The van der Waals surface area contributed by atoms with Crippen LogP contribution in [-0.4, -0.2) is 41.0 Å². The van der Waals surface area contributed by atoms with Crippen LogP contribution in [0.15, 0.2) is 36.7 Å². The van der Waals surface area contributed by atoms with Gasteiger partial charge in [0.05, 0.1) is 29.4 Å². The number of benzene rings is 2. The second-order valence-electron chi connectivity index (χ2n) is 6.83. The molecule has 0 saturated carbocycles. The SMILES string of the molecule is [2H]CN(C(C)c1cc2c(Nc3cccc(Cl)c3F)ncnc2cc1OC)[C@@H](C)C(N)=O. The molecule has 0 radical (unpaired) electrons. The van der Waals surface area contributed by atoms with Crippen molar-refractivity contribution in [2.24, 2.45) is 5.73 Å². The zero-order valence-corrected chi connectivity index (χ0v) is 17.6. The summed E-state index contributed by atoms with van der Waals surface area (Å²) in [7, 11) is 1.39. The molecule has 1 unspecified atom stereocenters. The Balaban J connectivity index is 2.12. The minimum Gasteiger partial charge on any atom is -0.496 e. The topological polar surface area (TPSA) is 93.4 Å². The number of fused-ring (bicyclic) bond motifs is 1. The van der Waals surface area contributed by atoms with Crippen LogP contribution >= 0.6 is 11.6 Å². The maximum Gasteiger partial charge on any atom is 0.234 e. The molecule has 0 aliphatic heterocycles. The van der Waals surface area contributed by atoms with Gasteiger partial charge in [0.1, 0.15) is 17.9 Å². The molecule has 0 aliphatic rings. The Morgan fingerprint density at radius 2 is 2.13 bits per heavy atom. The van der Waals surface area contributed by atoms with Gasteiger partial charge in [-0.2, -0.15) is 0 Å². The highest BCUT2D eigenvalue weighted by molar-refractivity contribution is 6.31. The minimum absolute atomic E-state index is 0.00845. The molecule has 3 rings (SSSR count). The van der Waals surface area contributed by atoms with E-state index >= 15 is 0 Å². The third kappa shape index (κ3) is 4.15. The smallest absolute Gasteiger partial charge is 0.234 e.